The number of aliphatic hydroxyl groups is 1. The summed E-state index contributed by atoms with van der Waals surface area (Å²) in [5.74, 6) is -1.16. The molecule has 0 saturated carbocycles. The van der Waals surface area contributed by atoms with Gasteiger partial charge in [-0.1, -0.05) is 13.0 Å². The van der Waals surface area contributed by atoms with Crippen LogP contribution in [-0.2, 0) is 16.4 Å². The van der Waals surface area contributed by atoms with Crippen molar-refractivity contribution in [2.24, 2.45) is 0 Å². The molecule has 1 aromatic carbocycles. The van der Waals surface area contributed by atoms with Crippen molar-refractivity contribution in [3.8, 4) is 0 Å². The van der Waals surface area contributed by atoms with E-state index in [4.69, 9.17) is 5.11 Å². The number of nitrogens with zero attached hydrogens (tertiary/aromatic N) is 1. The van der Waals surface area contributed by atoms with Crippen LogP contribution in [0.4, 0.5) is 0 Å². The number of aryl methyl sites for hydroxylation is 1. The minimum absolute atomic E-state index is 0.0326. The smallest absolute Gasteiger partial charge is 0.335 e. The molecule has 116 valence electrons. The van der Waals surface area contributed by atoms with E-state index in [1.54, 1.807) is 6.07 Å². The average Bonchev–Trinajstić information content (AvgIpc) is 2.95. The Kier molecular flexibility index (Phi) is 4.65. The van der Waals surface area contributed by atoms with Crippen molar-refractivity contribution in [3.05, 3.63) is 29.3 Å². The van der Waals surface area contributed by atoms with Crippen molar-refractivity contribution >= 4 is 16.0 Å². The number of carboxylic acid groups (broad SMARTS) is 1. The van der Waals surface area contributed by atoms with E-state index in [9.17, 15) is 18.3 Å². The molecule has 1 atom stereocenters. The molecule has 1 aromatic rings. The van der Waals surface area contributed by atoms with Crippen LogP contribution < -0.4 is 0 Å². The van der Waals surface area contributed by atoms with Gasteiger partial charge in [0.25, 0.3) is 0 Å². The average molecular weight is 313 g/mol. The lowest BCUT2D eigenvalue weighted by Crippen LogP contribution is -2.38. The second kappa shape index (κ2) is 6.13. The zero-order valence-corrected chi connectivity index (χ0v) is 12.6. The number of hydrogen-bond acceptors (Lipinski definition) is 4. The fourth-order valence-corrected chi connectivity index (χ4v) is 4.66. The highest BCUT2D eigenvalue weighted by Crippen LogP contribution is 2.28. The first kappa shape index (κ1) is 15.9. The molecule has 0 amide bonds. The fourth-order valence-electron chi connectivity index (χ4n) is 2.65. The minimum Gasteiger partial charge on any atom is -0.478 e. The highest BCUT2D eigenvalue weighted by Gasteiger charge is 2.36. The molecule has 1 unspecified atom stereocenters. The van der Waals surface area contributed by atoms with Crippen molar-refractivity contribution in [2.45, 2.75) is 37.1 Å². The van der Waals surface area contributed by atoms with Gasteiger partial charge in [-0.3, -0.25) is 0 Å². The molecular formula is C14H19NO5S. The van der Waals surface area contributed by atoms with Crippen LogP contribution in [0.25, 0.3) is 0 Å². The zero-order chi connectivity index (χ0) is 15.6. The predicted molar refractivity (Wildman–Crippen MR) is 76.8 cm³/mol. The van der Waals surface area contributed by atoms with Crippen molar-refractivity contribution in [3.63, 3.8) is 0 Å². The number of hydrogen-bond donors (Lipinski definition) is 2. The Bertz CT molecular complexity index is 641. The summed E-state index contributed by atoms with van der Waals surface area (Å²) in [4.78, 5) is 11.1. The van der Waals surface area contributed by atoms with Gasteiger partial charge in [0, 0.05) is 12.6 Å². The van der Waals surface area contributed by atoms with Crippen LogP contribution in [0.15, 0.2) is 23.1 Å². The number of sulfonamides is 1. The van der Waals surface area contributed by atoms with Gasteiger partial charge >= 0.3 is 5.97 Å². The number of aliphatic hydroxyl groups excluding tert-OH is 1. The monoisotopic (exact) mass is 313 g/mol. The lowest BCUT2D eigenvalue weighted by Gasteiger charge is -2.23. The minimum atomic E-state index is -3.79. The molecule has 2 rings (SSSR count). The van der Waals surface area contributed by atoms with Crippen molar-refractivity contribution in [2.75, 3.05) is 13.2 Å². The number of carboxylic acids is 1. The van der Waals surface area contributed by atoms with Crippen LogP contribution >= 0.6 is 0 Å². The summed E-state index contributed by atoms with van der Waals surface area (Å²) in [5, 5.41) is 18.4. The van der Waals surface area contributed by atoms with E-state index in [1.165, 1.54) is 16.4 Å². The molecule has 1 heterocycles. The number of aromatic carboxylic acids is 1. The Labute approximate surface area is 124 Å². The van der Waals surface area contributed by atoms with E-state index in [-0.39, 0.29) is 17.1 Å². The maximum atomic E-state index is 12.8. The van der Waals surface area contributed by atoms with Crippen LogP contribution in [0.3, 0.4) is 0 Å². The quantitative estimate of drug-likeness (QED) is 0.848. The van der Waals surface area contributed by atoms with Crippen LogP contribution in [0.5, 0.6) is 0 Å². The first-order valence-corrected chi connectivity index (χ1v) is 8.34. The lowest BCUT2D eigenvalue weighted by atomic mass is 10.1. The molecule has 1 aliphatic heterocycles. The van der Waals surface area contributed by atoms with Gasteiger partial charge in [0.15, 0.2) is 0 Å². The third-order valence-corrected chi connectivity index (χ3v) is 5.85. The molecule has 1 saturated heterocycles. The predicted octanol–water partition coefficient (Wildman–Crippen LogP) is 1.09. The first-order chi connectivity index (χ1) is 9.91. The van der Waals surface area contributed by atoms with Gasteiger partial charge in [-0.25, -0.2) is 13.2 Å². The molecule has 0 bridgehead atoms. The largest absolute Gasteiger partial charge is 0.478 e. The van der Waals surface area contributed by atoms with Gasteiger partial charge in [-0.05, 0) is 37.0 Å². The number of rotatable bonds is 5. The number of carbonyl (C=O) groups is 1. The van der Waals surface area contributed by atoms with Gasteiger partial charge in [-0.15, -0.1) is 0 Å². The van der Waals surface area contributed by atoms with E-state index in [0.29, 0.717) is 31.4 Å². The van der Waals surface area contributed by atoms with E-state index < -0.39 is 22.0 Å². The second-order valence-electron chi connectivity index (χ2n) is 5.08. The normalized spacial score (nSPS) is 19.8. The van der Waals surface area contributed by atoms with Gasteiger partial charge in [0.05, 0.1) is 17.1 Å². The highest BCUT2D eigenvalue weighted by molar-refractivity contribution is 7.89. The van der Waals surface area contributed by atoms with E-state index in [0.717, 1.165) is 0 Å². The Morgan fingerprint density at radius 2 is 2.14 bits per heavy atom. The van der Waals surface area contributed by atoms with Gasteiger partial charge < -0.3 is 10.2 Å². The summed E-state index contributed by atoms with van der Waals surface area (Å²) in [6, 6.07) is 3.74. The molecule has 7 heteroatoms. The Hall–Kier alpha value is -1.44. The molecule has 6 nitrogen and oxygen atoms in total. The molecule has 0 aromatic heterocycles. The summed E-state index contributed by atoms with van der Waals surface area (Å²) in [5.41, 5.74) is 0.536. The summed E-state index contributed by atoms with van der Waals surface area (Å²) < 4.78 is 26.8. The van der Waals surface area contributed by atoms with Gasteiger partial charge in [0.1, 0.15) is 0 Å². The fraction of sp³-hybridized carbons (Fsp3) is 0.500. The molecule has 0 radical (unpaired) electrons. The van der Waals surface area contributed by atoms with Gasteiger partial charge in [0.2, 0.25) is 10.0 Å². The highest BCUT2D eigenvalue weighted by atomic mass is 32.2. The first-order valence-electron chi connectivity index (χ1n) is 6.90. The van der Waals surface area contributed by atoms with Crippen molar-refractivity contribution < 1.29 is 23.4 Å². The molecule has 0 spiro atoms. The summed E-state index contributed by atoms with van der Waals surface area (Å²) in [6.45, 7) is 1.95. The van der Waals surface area contributed by atoms with Crippen LogP contribution in [0.2, 0.25) is 0 Å². The van der Waals surface area contributed by atoms with Crippen molar-refractivity contribution in [1.82, 2.24) is 4.31 Å². The molecule has 1 fully saturated rings. The van der Waals surface area contributed by atoms with Crippen LogP contribution in [-0.4, -0.2) is 48.1 Å². The van der Waals surface area contributed by atoms with Crippen molar-refractivity contribution in [1.29, 1.82) is 0 Å². The molecular weight excluding hydrogens is 294 g/mol. The Balaban J connectivity index is 2.52. The summed E-state index contributed by atoms with van der Waals surface area (Å²) in [7, 11) is -3.79. The topological polar surface area (TPSA) is 94.9 Å². The SMILES string of the molecule is CCc1ccc(C(=O)O)cc1S(=O)(=O)N1CCCC1CO. The van der Waals surface area contributed by atoms with E-state index >= 15 is 0 Å². The third kappa shape index (κ3) is 2.95. The summed E-state index contributed by atoms with van der Waals surface area (Å²) >= 11 is 0. The Morgan fingerprint density at radius 1 is 1.43 bits per heavy atom. The maximum absolute atomic E-state index is 12.8. The van der Waals surface area contributed by atoms with E-state index in [2.05, 4.69) is 0 Å². The standard InChI is InChI=1S/C14H19NO5S/c1-2-10-5-6-11(14(17)18)8-13(10)21(19,20)15-7-3-4-12(15)9-16/h5-6,8,12,16H,2-4,7,9H2,1H3,(H,17,18). The molecule has 21 heavy (non-hydrogen) atoms. The molecule has 0 aliphatic carbocycles. The Morgan fingerprint density at radius 3 is 2.71 bits per heavy atom. The third-order valence-electron chi connectivity index (χ3n) is 3.82. The van der Waals surface area contributed by atoms with Gasteiger partial charge in [-0.2, -0.15) is 4.31 Å². The van der Waals surface area contributed by atoms with E-state index in [1.807, 2.05) is 6.92 Å². The second-order valence-corrected chi connectivity index (χ2v) is 6.93. The van der Waals surface area contributed by atoms with Crippen LogP contribution in [0, 0.1) is 0 Å². The molecule has 2 N–H and O–H groups in total. The lowest BCUT2D eigenvalue weighted by molar-refractivity contribution is 0.0696. The molecule has 1 aliphatic rings. The number of benzene rings is 1. The van der Waals surface area contributed by atoms with Crippen LogP contribution in [0.1, 0.15) is 35.7 Å². The maximum Gasteiger partial charge on any atom is 0.335 e. The zero-order valence-electron chi connectivity index (χ0n) is 11.8. The summed E-state index contributed by atoms with van der Waals surface area (Å²) in [6.07, 6.45) is 1.81.